The fourth-order valence-electron chi connectivity index (χ4n) is 2.75. The van der Waals surface area contributed by atoms with Gasteiger partial charge in [-0.2, -0.15) is 4.98 Å². The van der Waals surface area contributed by atoms with Gasteiger partial charge in [0.1, 0.15) is 4.90 Å². The van der Waals surface area contributed by atoms with Crippen LogP contribution in [0.25, 0.3) is 10.7 Å². The Morgan fingerprint density at radius 2 is 2.04 bits per heavy atom. The van der Waals surface area contributed by atoms with Crippen molar-refractivity contribution in [1.82, 2.24) is 19.8 Å². The molecule has 0 radical (unpaired) electrons. The van der Waals surface area contributed by atoms with E-state index in [1.807, 2.05) is 17.5 Å². The fourth-order valence-corrected chi connectivity index (χ4v) is 4.97. The highest BCUT2D eigenvalue weighted by Gasteiger charge is 2.40. The molecule has 1 N–H and O–H groups in total. The molecule has 0 saturated carbocycles. The molecule has 3 aromatic rings. The van der Waals surface area contributed by atoms with Gasteiger partial charge in [0, 0.05) is 13.0 Å². The maximum atomic E-state index is 12.4. The van der Waals surface area contributed by atoms with Gasteiger partial charge in [-0.3, -0.25) is 9.59 Å². The Kier molecular flexibility index (Phi) is 4.69. The van der Waals surface area contributed by atoms with Gasteiger partial charge in [-0.05, 0) is 23.6 Å². The predicted octanol–water partition coefficient (Wildman–Crippen LogP) is 1.65. The zero-order valence-electron chi connectivity index (χ0n) is 14.4. The van der Waals surface area contributed by atoms with E-state index in [9.17, 15) is 18.0 Å². The highest BCUT2D eigenvalue weighted by Crippen LogP contribution is 2.29. The van der Waals surface area contributed by atoms with Crippen LogP contribution in [0.5, 0.6) is 0 Å². The lowest BCUT2D eigenvalue weighted by atomic mass is 10.2. The minimum absolute atomic E-state index is 0.0120. The first-order chi connectivity index (χ1) is 13.5. The minimum Gasteiger partial charge on any atom is -0.347 e. The van der Waals surface area contributed by atoms with Crippen LogP contribution in [-0.2, 0) is 21.4 Å². The second-order valence-electron chi connectivity index (χ2n) is 5.89. The van der Waals surface area contributed by atoms with Gasteiger partial charge in [-0.1, -0.05) is 23.4 Å². The number of nitrogens with zero attached hydrogens (tertiary/aromatic N) is 3. The molecule has 0 unspecified atom stereocenters. The molecule has 144 valence electrons. The lowest BCUT2D eigenvalue weighted by molar-refractivity contribution is -0.121. The number of aromatic nitrogens is 2. The van der Waals surface area contributed by atoms with Crippen molar-refractivity contribution in [3.8, 4) is 10.7 Å². The summed E-state index contributed by atoms with van der Waals surface area (Å²) in [4.78, 5) is 29.4. The van der Waals surface area contributed by atoms with Crippen molar-refractivity contribution in [3.63, 3.8) is 0 Å². The molecule has 0 spiro atoms. The lowest BCUT2D eigenvalue weighted by Crippen LogP contribution is -2.34. The maximum absolute atomic E-state index is 12.4. The maximum Gasteiger partial charge on any atom is 0.269 e. The first-order valence-electron chi connectivity index (χ1n) is 8.26. The van der Waals surface area contributed by atoms with Crippen molar-refractivity contribution in [2.45, 2.75) is 17.9 Å². The minimum atomic E-state index is -3.92. The van der Waals surface area contributed by atoms with Crippen LogP contribution < -0.4 is 5.32 Å². The van der Waals surface area contributed by atoms with E-state index in [1.165, 1.54) is 23.5 Å². The van der Waals surface area contributed by atoms with Gasteiger partial charge in [0.05, 0.1) is 17.0 Å². The quantitative estimate of drug-likeness (QED) is 0.646. The van der Waals surface area contributed by atoms with E-state index in [2.05, 4.69) is 15.5 Å². The van der Waals surface area contributed by atoms with Crippen molar-refractivity contribution < 1.29 is 22.5 Å². The second-order valence-corrected chi connectivity index (χ2v) is 8.67. The van der Waals surface area contributed by atoms with Gasteiger partial charge in [-0.15, -0.1) is 11.3 Å². The molecule has 2 amide bonds. The Bertz CT molecular complexity index is 1140. The van der Waals surface area contributed by atoms with Crippen LogP contribution in [0.1, 0.15) is 22.7 Å². The third-order valence-electron chi connectivity index (χ3n) is 4.10. The normalized spacial score (nSPS) is 14.9. The van der Waals surface area contributed by atoms with Crippen molar-refractivity contribution in [2.75, 3.05) is 6.54 Å². The van der Waals surface area contributed by atoms with Gasteiger partial charge >= 0.3 is 0 Å². The summed E-state index contributed by atoms with van der Waals surface area (Å²) in [5.74, 6) is -0.393. The topological polar surface area (TPSA) is 122 Å². The lowest BCUT2D eigenvalue weighted by Gasteiger charge is -2.14. The van der Waals surface area contributed by atoms with Gasteiger partial charge < -0.3 is 9.84 Å². The number of hydrogen-bond acceptors (Lipinski definition) is 8. The van der Waals surface area contributed by atoms with E-state index in [-0.39, 0.29) is 35.9 Å². The van der Waals surface area contributed by atoms with Crippen LogP contribution in [0.4, 0.5) is 0 Å². The van der Waals surface area contributed by atoms with E-state index in [0.29, 0.717) is 5.82 Å². The SMILES string of the molecule is O=C(CCN1C(=O)c2ccccc2S1(=O)=O)NCc1nc(-c2cccs2)no1. The van der Waals surface area contributed by atoms with Crippen molar-refractivity contribution in [1.29, 1.82) is 0 Å². The first kappa shape index (κ1) is 18.3. The summed E-state index contributed by atoms with van der Waals surface area (Å²) >= 11 is 1.46. The molecule has 4 rings (SSSR count). The fraction of sp³-hybridized carbons (Fsp3) is 0.176. The molecule has 0 bridgehead atoms. The number of benzene rings is 1. The molecule has 3 heterocycles. The molecule has 0 saturated heterocycles. The summed E-state index contributed by atoms with van der Waals surface area (Å²) in [5.41, 5.74) is 0.120. The third kappa shape index (κ3) is 3.29. The Hall–Kier alpha value is -3.05. The molecule has 0 fully saturated rings. The molecule has 0 aliphatic carbocycles. The number of carbonyl (C=O) groups excluding carboxylic acids is 2. The number of thiophene rings is 1. The molecule has 28 heavy (non-hydrogen) atoms. The Balaban J connectivity index is 1.34. The van der Waals surface area contributed by atoms with E-state index in [0.717, 1.165) is 9.18 Å². The molecular formula is C17H14N4O5S2. The highest BCUT2D eigenvalue weighted by atomic mass is 32.2. The average Bonchev–Trinajstić information content (AvgIpc) is 3.40. The molecule has 9 nitrogen and oxygen atoms in total. The molecule has 1 aliphatic rings. The number of carbonyl (C=O) groups is 2. The van der Waals surface area contributed by atoms with E-state index in [4.69, 9.17) is 4.52 Å². The number of rotatable bonds is 6. The zero-order valence-corrected chi connectivity index (χ0v) is 16.0. The van der Waals surface area contributed by atoms with E-state index >= 15 is 0 Å². The summed E-state index contributed by atoms with van der Waals surface area (Å²) in [6.07, 6.45) is -0.176. The second kappa shape index (κ2) is 7.17. The van der Waals surface area contributed by atoms with Crippen LogP contribution in [0.2, 0.25) is 0 Å². The van der Waals surface area contributed by atoms with Crippen LogP contribution in [0.3, 0.4) is 0 Å². The standard InChI is InChI=1S/C17H14N4O5S2/c22-14(18-10-15-19-16(20-26-15)12-5-3-9-27-12)7-8-21-17(23)11-4-1-2-6-13(11)28(21,24)25/h1-6,9H,7-8,10H2,(H,18,22). The molecular weight excluding hydrogens is 404 g/mol. The van der Waals surface area contributed by atoms with E-state index < -0.39 is 21.8 Å². The van der Waals surface area contributed by atoms with Crippen molar-refractivity contribution in [3.05, 3.63) is 53.2 Å². The van der Waals surface area contributed by atoms with Gasteiger partial charge in [-0.25, -0.2) is 12.7 Å². The number of nitrogens with one attached hydrogen (secondary N) is 1. The van der Waals surface area contributed by atoms with Crippen LogP contribution >= 0.6 is 11.3 Å². The number of hydrogen-bond donors (Lipinski definition) is 1. The molecule has 11 heteroatoms. The van der Waals surface area contributed by atoms with Gasteiger partial charge in [0.15, 0.2) is 0 Å². The predicted molar refractivity (Wildman–Crippen MR) is 98.7 cm³/mol. The number of amides is 2. The van der Waals surface area contributed by atoms with Gasteiger partial charge in [0.2, 0.25) is 17.6 Å². The molecule has 0 atom stereocenters. The Morgan fingerprint density at radius 1 is 1.21 bits per heavy atom. The largest absolute Gasteiger partial charge is 0.347 e. The summed E-state index contributed by atoms with van der Waals surface area (Å²) in [6.45, 7) is -0.232. The number of sulfonamides is 1. The smallest absolute Gasteiger partial charge is 0.269 e. The van der Waals surface area contributed by atoms with Crippen molar-refractivity contribution in [2.24, 2.45) is 0 Å². The molecule has 1 aliphatic heterocycles. The molecule has 1 aromatic carbocycles. The van der Waals surface area contributed by atoms with Crippen molar-refractivity contribution >= 4 is 33.2 Å². The van der Waals surface area contributed by atoms with Crippen LogP contribution in [0, 0.1) is 0 Å². The van der Waals surface area contributed by atoms with Crippen LogP contribution in [0.15, 0.2) is 51.2 Å². The average molecular weight is 418 g/mol. The Labute approximate surface area is 164 Å². The Morgan fingerprint density at radius 3 is 2.79 bits per heavy atom. The van der Waals surface area contributed by atoms with E-state index in [1.54, 1.807) is 12.1 Å². The summed E-state index contributed by atoms with van der Waals surface area (Å²) in [7, 11) is -3.92. The highest BCUT2D eigenvalue weighted by molar-refractivity contribution is 7.90. The summed E-state index contributed by atoms with van der Waals surface area (Å²) in [5, 5.41) is 8.31. The monoisotopic (exact) mass is 418 g/mol. The summed E-state index contributed by atoms with van der Waals surface area (Å²) < 4.78 is 30.7. The number of fused-ring (bicyclic) bond motifs is 1. The van der Waals surface area contributed by atoms with Gasteiger partial charge in [0.25, 0.3) is 15.9 Å². The zero-order chi connectivity index (χ0) is 19.7. The summed E-state index contributed by atoms with van der Waals surface area (Å²) in [6, 6.07) is 9.69. The van der Waals surface area contributed by atoms with Crippen LogP contribution in [-0.4, -0.2) is 41.2 Å². The third-order valence-corrected chi connectivity index (χ3v) is 6.81. The molecule has 2 aromatic heterocycles. The first-order valence-corrected chi connectivity index (χ1v) is 10.6.